The van der Waals surface area contributed by atoms with Crippen LogP contribution in [-0.2, 0) is 9.47 Å². The summed E-state index contributed by atoms with van der Waals surface area (Å²) in [5, 5.41) is 9.76. The first-order valence-corrected chi connectivity index (χ1v) is 10.0. The van der Waals surface area contributed by atoms with Crippen molar-refractivity contribution in [2.75, 3.05) is 13.3 Å². The van der Waals surface area contributed by atoms with Gasteiger partial charge in [-0.2, -0.15) is 0 Å². The Hall–Kier alpha value is -0.683. The zero-order valence-corrected chi connectivity index (χ0v) is 13.6. The summed E-state index contributed by atoms with van der Waals surface area (Å²) in [5.74, 6) is 0. The molecular weight excluding hydrogens is 256 g/mol. The third-order valence-corrected chi connectivity index (χ3v) is 6.83. The Morgan fingerprint density at radius 2 is 1.74 bits per heavy atom. The Kier molecular flexibility index (Phi) is 6.20. The Morgan fingerprint density at radius 1 is 1.16 bits per heavy atom. The fraction of sp³-hybridized carbons (Fsp3) is 0.600. The van der Waals surface area contributed by atoms with E-state index in [1.54, 1.807) is 7.11 Å². The lowest BCUT2D eigenvalue weighted by atomic mass is 10.1. The molecule has 0 aliphatic rings. The molecule has 0 aliphatic carbocycles. The van der Waals surface area contributed by atoms with Gasteiger partial charge in [-0.25, -0.2) is 0 Å². The minimum atomic E-state index is -1.73. The number of hydrogen-bond acceptors (Lipinski definition) is 3. The summed E-state index contributed by atoms with van der Waals surface area (Å²) in [4.78, 5) is 0. The first-order chi connectivity index (χ1) is 8.88. The lowest BCUT2D eigenvalue weighted by molar-refractivity contribution is -0.0370. The third kappa shape index (κ3) is 4.73. The van der Waals surface area contributed by atoms with Crippen LogP contribution in [0, 0.1) is 0 Å². The molecule has 108 valence electrons. The highest BCUT2D eigenvalue weighted by atomic mass is 28.3. The fourth-order valence-corrected chi connectivity index (χ4v) is 2.73. The highest BCUT2D eigenvalue weighted by Crippen LogP contribution is 2.23. The number of hydrogen-bond donors (Lipinski definition) is 1. The first-order valence-electron chi connectivity index (χ1n) is 6.76. The molecule has 0 saturated heterocycles. The Labute approximate surface area is 117 Å². The van der Waals surface area contributed by atoms with Gasteiger partial charge in [0.1, 0.15) is 14.2 Å². The quantitative estimate of drug-likeness (QED) is 0.782. The summed E-state index contributed by atoms with van der Waals surface area (Å²) in [7, 11) is -0.0221. The van der Waals surface area contributed by atoms with Crippen LogP contribution < -0.4 is 0 Å². The van der Waals surface area contributed by atoms with Gasteiger partial charge in [0.25, 0.3) is 0 Å². The summed E-state index contributed by atoms with van der Waals surface area (Å²) in [6.45, 7) is 8.14. The second kappa shape index (κ2) is 7.19. The summed E-state index contributed by atoms with van der Waals surface area (Å²) in [6, 6.07) is 10.1. The molecule has 0 saturated carbocycles. The minimum Gasteiger partial charge on any atom is -0.397 e. The molecule has 0 spiro atoms. The van der Waals surface area contributed by atoms with Gasteiger partial charge in [0.2, 0.25) is 0 Å². The average Bonchev–Trinajstić information content (AvgIpc) is 2.38. The Bertz CT molecular complexity index is 365. The van der Waals surface area contributed by atoms with E-state index in [4.69, 9.17) is 9.47 Å². The molecular formula is C15H26O3Si. The number of methoxy groups -OCH3 is 1. The lowest BCUT2D eigenvalue weighted by Crippen LogP contribution is -2.46. The smallest absolute Gasteiger partial charge is 0.110 e. The maximum atomic E-state index is 9.76. The maximum Gasteiger partial charge on any atom is 0.110 e. The maximum absolute atomic E-state index is 9.76. The molecule has 3 nitrogen and oxygen atoms in total. The lowest BCUT2D eigenvalue weighted by Gasteiger charge is -2.30. The fourth-order valence-electron chi connectivity index (χ4n) is 1.80. The number of benzene rings is 1. The van der Waals surface area contributed by atoms with Crippen LogP contribution in [0.25, 0.3) is 0 Å². The van der Waals surface area contributed by atoms with E-state index in [2.05, 4.69) is 13.1 Å². The van der Waals surface area contributed by atoms with Gasteiger partial charge in [-0.15, -0.1) is 0 Å². The second-order valence-corrected chi connectivity index (χ2v) is 10.8. The highest BCUT2D eigenvalue weighted by molar-refractivity contribution is 6.78. The van der Waals surface area contributed by atoms with Gasteiger partial charge in [-0.1, -0.05) is 43.4 Å². The van der Waals surface area contributed by atoms with E-state index in [1.165, 1.54) is 0 Å². The van der Waals surface area contributed by atoms with Crippen molar-refractivity contribution in [1.82, 2.24) is 0 Å². The zero-order chi connectivity index (χ0) is 14.5. The van der Waals surface area contributed by atoms with E-state index in [0.717, 1.165) is 5.56 Å². The molecule has 1 N–H and O–H groups in total. The van der Waals surface area contributed by atoms with Crippen molar-refractivity contribution in [2.45, 2.75) is 44.9 Å². The van der Waals surface area contributed by atoms with Crippen molar-refractivity contribution in [2.24, 2.45) is 0 Å². The van der Waals surface area contributed by atoms with Gasteiger partial charge in [-0.3, -0.25) is 0 Å². The van der Waals surface area contributed by atoms with Crippen LogP contribution in [0.5, 0.6) is 0 Å². The van der Waals surface area contributed by atoms with E-state index in [0.29, 0.717) is 6.23 Å². The van der Waals surface area contributed by atoms with E-state index in [1.807, 2.05) is 44.2 Å². The van der Waals surface area contributed by atoms with Gasteiger partial charge in [0.05, 0.1) is 6.10 Å². The van der Waals surface area contributed by atoms with Crippen molar-refractivity contribution in [3.63, 3.8) is 0 Å². The summed E-state index contributed by atoms with van der Waals surface area (Å²) < 4.78 is 11.5. The third-order valence-electron chi connectivity index (χ3n) is 3.66. The molecule has 0 amide bonds. The standard InChI is InChI=1S/C15H26O3Si/c1-12(18-11-19(4,5)13(2)16)15(17-3)14-9-7-6-8-10-14/h6-10,12-13,15-16H,11H2,1-5H3/t12-,13+,15-/m1/s1. The van der Waals surface area contributed by atoms with Gasteiger partial charge in [-0.05, 0) is 19.4 Å². The largest absolute Gasteiger partial charge is 0.397 e. The number of rotatable bonds is 7. The van der Waals surface area contributed by atoms with Crippen LogP contribution in [-0.4, -0.2) is 38.4 Å². The summed E-state index contributed by atoms with van der Waals surface area (Å²) >= 11 is 0. The van der Waals surface area contributed by atoms with Gasteiger partial charge >= 0.3 is 0 Å². The average molecular weight is 282 g/mol. The van der Waals surface area contributed by atoms with Crippen LogP contribution in [0.3, 0.4) is 0 Å². The van der Waals surface area contributed by atoms with Crippen molar-refractivity contribution < 1.29 is 14.6 Å². The van der Waals surface area contributed by atoms with Crippen LogP contribution in [0.2, 0.25) is 13.1 Å². The second-order valence-electron chi connectivity index (χ2n) is 5.75. The zero-order valence-electron chi connectivity index (χ0n) is 12.6. The molecule has 0 radical (unpaired) electrons. The normalized spacial score (nSPS) is 16.9. The summed E-state index contributed by atoms with van der Waals surface area (Å²) in [5.41, 5.74) is 0.853. The van der Waals surface area contributed by atoms with Crippen molar-refractivity contribution in [1.29, 1.82) is 0 Å². The molecule has 0 unspecified atom stereocenters. The molecule has 1 aromatic rings. The van der Waals surface area contributed by atoms with Crippen molar-refractivity contribution >= 4 is 8.07 Å². The molecule has 3 atom stereocenters. The Balaban J connectivity index is 2.63. The van der Waals surface area contributed by atoms with E-state index in [-0.39, 0.29) is 17.9 Å². The molecule has 0 fully saturated rings. The molecule has 0 heterocycles. The molecule has 0 aromatic heterocycles. The number of ether oxygens (including phenoxy) is 2. The molecule has 1 rings (SSSR count). The molecule has 4 heteroatoms. The van der Waals surface area contributed by atoms with Crippen molar-refractivity contribution in [3.8, 4) is 0 Å². The summed E-state index contributed by atoms with van der Waals surface area (Å²) in [6.07, 6.45) is 0.538. The van der Waals surface area contributed by atoms with Crippen LogP contribution >= 0.6 is 0 Å². The predicted octanol–water partition coefficient (Wildman–Crippen LogP) is 2.95. The first kappa shape index (κ1) is 16.4. The van der Waals surface area contributed by atoms with Crippen LogP contribution in [0.1, 0.15) is 25.5 Å². The van der Waals surface area contributed by atoms with E-state index in [9.17, 15) is 5.11 Å². The van der Waals surface area contributed by atoms with E-state index < -0.39 is 8.07 Å². The Morgan fingerprint density at radius 3 is 2.21 bits per heavy atom. The number of aliphatic hydroxyl groups excluding tert-OH is 1. The number of aliphatic hydroxyl groups is 1. The molecule has 19 heavy (non-hydrogen) atoms. The van der Waals surface area contributed by atoms with Crippen LogP contribution in [0.15, 0.2) is 30.3 Å². The van der Waals surface area contributed by atoms with E-state index >= 15 is 0 Å². The highest BCUT2D eigenvalue weighted by Gasteiger charge is 2.29. The molecule has 0 aliphatic heterocycles. The van der Waals surface area contributed by atoms with Gasteiger partial charge < -0.3 is 14.6 Å². The predicted molar refractivity (Wildman–Crippen MR) is 80.8 cm³/mol. The van der Waals surface area contributed by atoms with Gasteiger partial charge in [0.15, 0.2) is 0 Å². The monoisotopic (exact) mass is 282 g/mol. The van der Waals surface area contributed by atoms with Gasteiger partial charge in [0, 0.05) is 19.1 Å². The van der Waals surface area contributed by atoms with Crippen molar-refractivity contribution in [3.05, 3.63) is 35.9 Å². The topological polar surface area (TPSA) is 38.7 Å². The van der Waals surface area contributed by atoms with Crippen LogP contribution in [0.4, 0.5) is 0 Å². The molecule has 1 aromatic carbocycles. The minimum absolute atomic E-state index is 0.0297. The SMILES string of the molecule is CO[C@@H](c1ccccc1)[C@@H](C)OC[Si](C)(C)[C@@H](C)O. The molecule has 0 bridgehead atoms.